The van der Waals surface area contributed by atoms with Crippen LogP contribution in [0, 0.1) is 5.92 Å². The fraction of sp³-hybridized carbons (Fsp3) is 0.250. The van der Waals surface area contributed by atoms with Gasteiger partial charge in [-0.05, 0) is 29.2 Å². The first-order chi connectivity index (χ1) is 8.66. The van der Waals surface area contributed by atoms with E-state index in [4.69, 9.17) is 12.2 Å². The molecule has 0 aliphatic heterocycles. The number of carbonyl (C=O) groups excluding carboxylic acids is 1. The van der Waals surface area contributed by atoms with E-state index in [1.54, 1.807) is 0 Å². The van der Waals surface area contributed by atoms with Crippen molar-refractivity contribution in [2.75, 3.05) is 0 Å². The minimum Gasteiger partial charge on any atom is -0.294 e. The van der Waals surface area contributed by atoms with Gasteiger partial charge >= 0.3 is 0 Å². The molecule has 0 radical (unpaired) electrons. The van der Waals surface area contributed by atoms with Gasteiger partial charge in [0.15, 0.2) is 5.78 Å². The normalized spacial score (nSPS) is 22.1. The molecule has 2 aliphatic rings. The van der Waals surface area contributed by atoms with Crippen molar-refractivity contribution in [3.05, 3.63) is 53.1 Å². The van der Waals surface area contributed by atoms with Crippen molar-refractivity contribution in [1.82, 2.24) is 0 Å². The number of hydrogen-bond donors (Lipinski definition) is 0. The molecule has 0 spiro atoms. The average Bonchev–Trinajstić information content (AvgIpc) is 2.65. The second-order valence-corrected chi connectivity index (χ2v) is 5.50. The molecular weight excluding hydrogens is 240 g/mol. The second kappa shape index (κ2) is 4.29. The monoisotopic (exact) mass is 254 g/mol. The fourth-order valence-corrected chi connectivity index (χ4v) is 2.95. The summed E-state index contributed by atoms with van der Waals surface area (Å²) in [5, 5.41) is 0. The minimum absolute atomic E-state index is 0.112. The summed E-state index contributed by atoms with van der Waals surface area (Å²) in [6, 6.07) is 6.00. The molecule has 1 aromatic rings. The molecule has 0 aromatic heterocycles. The summed E-state index contributed by atoms with van der Waals surface area (Å²) < 4.78 is 0. The van der Waals surface area contributed by atoms with Crippen LogP contribution < -0.4 is 0 Å². The van der Waals surface area contributed by atoms with Gasteiger partial charge < -0.3 is 0 Å². The van der Waals surface area contributed by atoms with Gasteiger partial charge in [-0.25, -0.2) is 0 Å². The molecule has 1 unspecified atom stereocenters. The van der Waals surface area contributed by atoms with Gasteiger partial charge in [-0.15, -0.1) is 0 Å². The van der Waals surface area contributed by atoms with E-state index in [0.717, 1.165) is 28.8 Å². The van der Waals surface area contributed by atoms with Crippen LogP contribution in [0.5, 0.6) is 0 Å². The van der Waals surface area contributed by atoms with Gasteiger partial charge in [0.1, 0.15) is 0 Å². The van der Waals surface area contributed by atoms with Crippen LogP contribution in [0.2, 0.25) is 0 Å². The molecule has 0 saturated carbocycles. The molecular formula is C16H14OS. The third-order valence-electron chi connectivity index (χ3n) is 3.64. The van der Waals surface area contributed by atoms with Gasteiger partial charge in [-0.1, -0.05) is 49.5 Å². The largest absolute Gasteiger partial charge is 0.294 e. The van der Waals surface area contributed by atoms with Crippen molar-refractivity contribution in [2.24, 2.45) is 5.92 Å². The van der Waals surface area contributed by atoms with Crippen LogP contribution in [0.25, 0.3) is 5.57 Å². The summed E-state index contributed by atoms with van der Waals surface area (Å²) in [5.41, 5.74) is 4.40. The highest BCUT2D eigenvalue weighted by molar-refractivity contribution is 7.80. The van der Waals surface area contributed by atoms with Crippen molar-refractivity contribution in [1.29, 1.82) is 0 Å². The van der Waals surface area contributed by atoms with E-state index < -0.39 is 0 Å². The van der Waals surface area contributed by atoms with Crippen molar-refractivity contribution >= 4 is 28.4 Å². The lowest BCUT2D eigenvalue weighted by Gasteiger charge is -2.12. The maximum atomic E-state index is 12.0. The lowest BCUT2D eigenvalue weighted by Crippen LogP contribution is -2.02. The zero-order chi connectivity index (χ0) is 12.7. The zero-order valence-corrected chi connectivity index (χ0v) is 11.1. The van der Waals surface area contributed by atoms with Gasteiger partial charge in [0.05, 0.1) is 0 Å². The Morgan fingerprint density at radius 3 is 2.83 bits per heavy atom. The molecule has 18 heavy (non-hydrogen) atoms. The SMILES string of the molecule is CC1Cc2c(cccc2C2=CC(=S)CC=C2)C1=O. The smallest absolute Gasteiger partial charge is 0.166 e. The molecule has 1 aromatic carbocycles. The average molecular weight is 254 g/mol. The Kier molecular flexibility index (Phi) is 2.75. The van der Waals surface area contributed by atoms with E-state index in [1.165, 1.54) is 11.1 Å². The Morgan fingerprint density at radius 2 is 2.06 bits per heavy atom. The van der Waals surface area contributed by atoms with Crippen molar-refractivity contribution in [2.45, 2.75) is 19.8 Å². The van der Waals surface area contributed by atoms with Crippen LogP contribution in [-0.2, 0) is 6.42 Å². The van der Waals surface area contributed by atoms with Gasteiger partial charge in [-0.3, -0.25) is 4.79 Å². The van der Waals surface area contributed by atoms with Crippen LogP contribution >= 0.6 is 12.2 Å². The highest BCUT2D eigenvalue weighted by atomic mass is 32.1. The van der Waals surface area contributed by atoms with Gasteiger partial charge in [0.2, 0.25) is 0 Å². The number of ketones is 1. The lowest BCUT2D eigenvalue weighted by atomic mass is 9.93. The molecule has 2 aliphatic carbocycles. The van der Waals surface area contributed by atoms with E-state index in [2.05, 4.69) is 24.3 Å². The highest BCUT2D eigenvalue weighted by Gasteiger charge is 2.29. The van der Waals surface area contributed by atoms with Crippen LogP contribution in [-0.4, -0.2) is 10.6 Å². The number of carbonyl (C=O) groups is 1. The molecule has 0 amide bonds. The molecule has 0 N–H and O–H groups in total. The molecule has 2 heteroatoms. The zero-order valence-electron chi connectivity index (χ0n) is 10.3. The van der Waals surface area contributed by atoms with E-state index in [0.29, 0.717) is 0 Å². The highest BCUT2D eigenvalue weighted by Crippen LogP contribution is 2.33. The van der Waals surface area contributed by atoms with Crippen molar-refractivity contribution in [3.63, 3.8) is 0 Å². The Labute approximate surface area is 112 Å². The standard InChI is InChI=1S/C16H14OS/c1-10-8-15-13(6-3-7-14(15)16(10)17)11-4-2-5-12(18)9-11/h2-4,6-7,9-10H,5,8H2,1H3. The molecule has 1 nitrogen and oxygen atoms in total. The maximum absolute atomic E-state index is 12.0. The number of thiocarbonyl (C=S) groups is 1. The summed E-state index contributed by atoms with van der Waals surface area (Å²) in [6.45, 7) is 2.00. The number of fused-ring (bicyclic) bond motifs is 1. The molecule has 90 valence electrons. The van der Waals surface area contributed by atoms with Gasteiger partial charge in [0, 0.05) is 22.8 Å². The van der Waals surface area contributed by atoms with Crippen molar-refractivity contribution in [3.8, 4) is 0 Å². The molecule has 0 saturated heterocycles. The van der Waals surface area contributed by atoms with Gasteiger partial charge in [0.25, 0.3) is 0 Å². The third kappa shape index (κ3) is 1.77. The molecule has 0 bridgehead atoms. The summed E-state index contributed by atoms with van der Waals surface area (Å²) in [4.78, 5) is 13.0. The van der Waals surface area contributed by atoms with Crippen LogP contribution in [0.3, 0.4) is 0 Å². The Balaban J connectivity index is 2.13. The number of allylic oxidation sites excluding steroid dienone is 4. The molecule has 3 rings (SSSR count). The van der Waals surface area contributed by atoms with E-state index in [9.17, 15) is 4.79 Å². The second-order valence-electron chi connectivity index (χ2n) is 4.97. The molecule has 0 heterocycles. The Hall–Kier alpha value is -1.54. The van der Waals surface area contributed by atoms with Crippen LogP contribution in [0.1, 0.15) is 34.8 Å². The number of rotatable bonds is 1. The first-order valence-electron chi connectivity index (χ1n) is 6.24. The van der Waals surface area contributed by atoms with E-state index >= 15 is 0 Å². The predicted octanol–water partition coefficient (Wildman–Crippen LogP) is 3.77. The summed E-state index contributed by atoms with van der Waals surface area (Å²) in [6.07, 6.45) is 7.96. The summed E-state index contributed by atoms with van der Waals surface area (Å²) in [5.74, 6) is 0.385. The fourth-order valence-electron chi connectivity index (χ4n) is 2.72. The maximum Gasteiger partial charge on any atom is 0.166 e. The Morgan fingerprint density at radius 1 is 1.28 bits per heavy atom. The van der Waals surface area contributed by atoms with E-state index in [-0.39, 0.29) is 11.7 Å². The topological polar surface area (TPSA) is 17.1 Å². The number of benzene rings is 1. The van der Waals surface area contributed by atoms with Crippen LogP contribution in [0.4, 0.5) is 0 Å². The number of hydrogen-bond acceptors (Lipinski definition) is 2. The lowest BCUT2D eigenvalue weighted by molar-refractivity contribution is 0.0946. The first kappa shape index (κ1) is 11.5. The molecule has 1 atom stereocenters. The quantitative estimate of drug-likeness (QED) is 0.710. The third-order valence-corrected chi connectivity index (χ3v) is 3.93. The predicted molar refractivity (Wildman–Crippen MR) is 78.0 cm³/mol. The Bertz CT molecular complexity index is 608. The van der Waals surface area contributed by atoms with Crippen LogP contribution in [0.15, 0.2) is 36.4 Å². The van der Waals surface area contributed by atoms with E-state index in [1.807, 2.05) is 19.1 Å². The van der Waals surface area contributed by atoms with Crippen molar-refractivity contribution < 1.29 is 4.79 Å². The first-order valence-corrected chi connectivity index (χ1v) is 6.65. The summed E-state index contributed by atoms with van der Waals surface area (Å²) in [7, 11) is 0. The van der Waals surface area contributed by atoms with Gasteiger partial charge in [-0.2, -0.15) is 0 Å². The molecule has 0 fully saturated rings. The minimum atomic E-state index is 0.112. The number of Topliss-reactive ketones (excluding diaryl/α,β-unsaturated/α-hetero) is 1. The summed E-state index contributed by atoms with van der Waals surface area (Å²) >= 11 is 5.26.